The third-order valence-electron chi connectivity index (χ3n) is 5.30. The Hall–Kier alpha value is -3.29. The van der Waals surface area contributed by atoms with Crippen LogP contribution in [0.3, 0.4) is 0 Å². The van der Waals surface area contributed by atoms with Crippen LogP contribution >= 0.6 is 11.6 Å². The molecule has 1 aromatic heterocycles. The summed E-state index contributed by atoms with van der Waals surface area (Å²) in [7, 11) is 0. The summed E-state index contributed by atoms with van der Waals surface area (Å²) in [5.41, 5.74) is 6.56. The highest BCUT2D eigenvalue weighted by atomic mass is 35.5. The first-order chi connectivity index (χ1) is 15.0. The first kappa shape index (κ1) is 21.0. The molecule has 0 N–H and O–H groups in total. The van der Waals surface area contributed by atoms with Gasteiger partial charge in [-0.05, 0) is 47.4 Å². The van der Waals surface area contributed by atoms with Gasteiger partial charge in [-0.15, -0.1) is 6.42 Å². The van der Waals surface area contributed by atoms with Gasteiger partial charge in [0.2, 0.25) is 0 Å². The van der Waals surface area contributed by atoms with Crippen LogP contribution in [0.25, 0.3) is 0 Å². The van der Waals surface area contributed by atoms with Crippen LogP contribution in [0, 0.1) is 12.3 Å². The number of pyridine rings is 1. The highest BCUT2D eigenvalue weighted by Crippen LogP contribution is 2.33. The van der Waals surface area contributed by atoms with Crippen molar-refractivity contribution in [2.75, 3.05) is 18.2 Å². The third kappa shape index (κ3) is 4.73. The molecule has 2 aromatic carbocycles. The summed E-state index contributed by atoms with van der Waals surface area (Å²) in [5, 5.41) is 0.488. The Balaban J connectivity index is 1.71. The maximum absolute atomic E-state index is 6.08. The number of rotatable bonds is 6. The molecule has 0 fully saturated rings. The van der Waals surface area contributed by atoms with E-state index in [1.807, 2.05) is 24.3 Å². The second-order valence-corrected chi connectivity index (χ2v) is 8.17. The molecule has 1 aliphatic rings. The average molecular weight is 430 g/mol. The van der Waals surface area contributed by atoms with Gasteiger partial charge < -0.3 is 9.64 Å². The molecule has 0 spiro atoms. The molecule has 0 amide bonds. The molecular weight excluding hydrogens is 406 g/mol. The summed E-state index contributed by atoms with van der Waals surface area (Å²) in [6, 6.07) is 18.5. The van der Waals surface area contributed by atoms with E-state index in [2.05, 4.69) is 60.0 Å². The lowest BCUT2D eigenvalue weighted by Gasteiger charge is -2.30. The Labute approximate surface area is 188 Å². The molecule has 0 aliphatic carbocycles. The van der Waals surface area contributed by atoms with E-state index < -0.39 is 0 Å². The second-order valence-electron chi connectivity index (χ2n) is 7.78. The van der Waals surface area contributed by atoms with Crippen LogP contribution in [0.5, 0.6) is 5.75 Å². The van der Waals surface area contributed by atoms with E-state index in [4.69, 9.17) is 27.8 Å². The molecule has 0 bridgehead atoms. The molecule has 0 saturated heterocycles. The van der Waals surface area contributed by atoms with Crippen molar-refractivity contribution >= 4 is 23.0 Å². The monoisotopic (exact) mass is 429 g/mol. The van der Waals surface area contributed by atoms with Crippen molar-refractivity contribution in [2.24, 2.45) is 4.99 Å². The predicted octanol–water partition coefficient (Wildman–Crippen LogP) is 5.69. The number of aliphatic imine (C=N–C) groups is 1. The van der Waals surface area contributed by atoms with Crippen LogP contribution in [-0.4, -0.2) is 24.0 Å². The van der Waals surface area contributed by atoms with Crippen LogP contribution in [0.4, 0.5) is 5.69 Å². The number of anilines is 1. The van der Waals surface area contributed by atoms with E-state index in [9.17, 15) is 0 Å². The van der Waals surface area contributed by atoms with Gasteiger partial charge in [0.1, 0.15) is 24.2 Å². The van der Waals surface area contributed by atoms with Crippen molar-refractivity contribution in [3.05, 3.63) is 88.2 Å². The third-order valence-corrected chi connectivity index (χ3v) is 5.51. The van der Waals surface area contributed by atoms with Crippen molar-refractivity contribution < 1.29 is 4.74 Å². The maximum atomic E-state index is 6.08. The number of fused-ring (bicyclic) bond motifs is 1. The summed E-state index contributed by atoms with van der Waals surface area (Å²) in [5.74, 6) is 3.74. The molecule has 1 aliphatic heterocycles. The summed E-state index contributed by atoms with van der Waals surface area (Å²) < 4.78 is 5.69. The van der Waals surface area contributed by atoms with Gasteiger partial charge in [0, 0.05) is 29.6 Å². The van der Waals surface area contributed by atoms with Gasteiger partial charge in [-0.2, -0.15) is 0 Å². The Kier molecular flexibility index (Phi) is 6.25. The van der Waals surface area contributed by atoms with Crippen molar-refractivity contribution in [2.45, 2.75) is 26.3 Å². The van der Waals surface area contributed by atoms with E-state index in [0.717, 1.165) is 33.8 Å². The minimum absolute atomic E-state index is 0.230. The van der Waals surface area contributed by atoms with Crippen molar-refractivity contribution in [1.29, 1.82) is 0 Å². The number of benzene rings is 2. The molecule has 5 heteroatoms. The van der Waals surface area contributed by atoms with Crippen LogP contribution < -0.4 is 9.64 Å². The Morgan fingerprint density at radius 2 is 1.94 bits per heavy atom. The number of halogens is 1. The SMILES string of the molecule is C#CCOc1ccc2c(c1)C(c1ccc(C(C)C)cc1)=NCN2Cc1ccnc(Cl)c1. The summed E-state index contributed by atoms with van der Waals surface area (Å²) in [6.45, 7) is 5.86. The van der Waals surface area contributed by atoms with E-state index in [1.54, 1.807) is 6.20 Å². The highest BCUT2D eigenvalue weighted by Gasteiger charge is 2.22. The van der Waals surface area contributed by atoms with Crippen LogP contribution in [0.2, 0.25) is 5.15 Å². The fourth-order valence-corrected chi connectivity index (χ4v) is 3.88. The molecular formula is C26H24ClN3O. The molecule has 0 atom stereocenters. The lowest BCUT2D eigenvalue weighted by molar-refractivity contribution is 0.370. The fourth-order valence-electron chi connectivity index (χ4n) is 3.68. The number of terminal acetylenes is 1. The van der Waals surface area contributed by atoms with E-state index in [-0.39, 0.29) is 6.61 Å². The van der Waals surface area contributed by atoms with Crippen LogP contribution in [-0.2, 0) is 6.54 Å². The van der Waals surface area contributed by atoms with Gasteiger partial charge in [-0.25, -0.2) is 4.98 Å². The highest BCUT2D eigenvalue weighted by molar-refractivity contribution is 6.29. The molecule has 3 aromatic rings. The molecule has 0 radical (unpaired) electrons. The second kappa shape index (κ2) is 9.24. The van der Waals surface area contributed by atoms with Gasteiger partial charge in [-0.3, -0.25) is 4.99 Å². The molecule has 156 valence electrons. The minimum atomic E-state index is 0.230. The van der Waals surface area contributed by atoms with Crippen molar-refractivity contribution in [3.8, 4) is 18.1 Å². The van der Waals surface area contributed by atoms with Crippen LogP contribution in [0.15, 0.2) is 65.8 Å². The standard InChI is InChI=1S/C26H24ClN3O/c1-4-13-31-22-9-10-24-23(15-22)26(21-7-5-20(6-8-21)18(2)3)29-17-30(24)16-19-11-12-28-25(27)14-19/h1,5-12,14-15,18H,13,16-17H2,2-3H3. The van der Waals surface area contributed by atoms with Crippen molar-refractivity contribution in [3.63, 3.8) is 0 Å². The first-order valence-electron chi connectivity index (χ1n) is 10.3. The number of nitrogens with zero attached hydrogens (tertiary/aromatic N) is 3. The Morgan fingerprint density at radius 3 is 2.65 bits per heavy atom. The average Bonchev–Trinajstić information content (AvgIpc) is 2.78. The smallest absolute Gasteiger partial charge is 0.148 e. The zero-order valence-electron chi connectivity index (χ0n) is 17.7. The molecule has 4 rings (SSSR count). The summed E-state index contributed by atoms with van der Waals surface area (Å²) in [6.07, 6.45) is 7.09. The molecule has 2 heterocycles. The molecule has 0 unspecified atom stereocenters. The van der Waals surface area contributed by atoms with E-state index in [0.29, 0.717) is 24.3 Å². The van der Waals surface area contributed by atoms with Gasteiger partial charge in [0.05, 0.1) is 5.71 Å². The van der Waals surface area contributed by atoms with E-state index >= 15 is 0 Å². The normalized spacial score (nSPS) is 12.9. The first-order valence-corrected chi connectivity index (χ1v) is 10.6. The largest absolute Gasteiger partial charge is 0.481 e. The topological polar surface area (TPSA) is 37.7 Å². The van der Waals surface area contributed by atoms with Crippen LogP contribution in [0.1, 0.15) is 42.0 Å². The minimum Gasteiger partial charge on any atom is -0.481 e. The zero-order valence-corrected chi connectivity index (χ0v) is 18.4. The van der Waals surface area contributed by atoms with E-state index in [1.165, 1.54) is 5.56 Å². The number of ether oxygens (including phenoxy) is 1. The zero-order chi connectivity index (χ0) is 21.8. The lowest BCUT2D eigenvalue weighted by Crippen LogP contribution is -2.29. The molecule has 0 saturated carbocycles. The summed E-state index contributed by atoms with van der Waals surface area (Å²) in [4.78, 5) is 11.2. The molecule has 31 heavy (non-hydrogen) atoms. The fraction of sp³-hybridized carbons (Fsp3) is 0.231. The van der Waals surface area contributed by atoms with Gasteiger partial charge >= 0.3 is 0 Å². The maximum Gasteiger partial charge on any atom is 0.148 e. The van der Waals surface area contributed by atoms with Gasteiger partial charge in [-0.1, -0.05) is 55.6 Å². The predicted molar refractivity (Wildman–Crippen MR) is 127 cm³/mol. The van der Waals surface area contributed by atoms with Gasteiger partial charge in [0.15, 0.2) is 0 Å². The quantitative estimate of drug-likeness (QED) is 0.373. The lowest BCUT2D eigenvalue weighted by atomic mass is 9.95. The Bertz CT molecular complexity index is 1150. The number of hydrogen-bond acceptors (Lipinski definition) is 4. The van der Waals surface area contributed by atoms with Crippen molar-refractivity contribution in [1.82, 2.24) is 4.98 Å². The summed E-state index contributed by atoms with van der Waals surface area (Å²) >= 11 is 6.08. The number of hydrogen-bond donors (Lipinski definition) is 0. The number of aromatic nitrogens is 1. The van der Waals surface area contributed by atoms with Gasteiger partial charge in [0.25, 0.3) is 0 Å². The Morgan fingerprint density at radius 1 is 1.13 bits per heavy atom. The molecule has 4 nitrogen and oxygen atoms in total.